The highest BCUT2D eigenvalue weighted by Crippen LogP contribution is 2.19. The second kappa shape index (κ2) is 8.20. The first kappa shape index (κ1) is 18.9. The van der Waals surface area contributed by atoms with Crippen molar-refractivity contribution in [3.8, 4) is 0 Å². The Kier molecular flexibility index (Phi) is 5.96. The number of carbonyl (C=O) groups excluding carboxylic acids is 1. The molecule has 5 nitrogen and oxygen atoms in total. The molecule has 2 aromatic rings. The van der Waals surface area contributed by atoms with E-state index < -0.39 is 10.0 Å². The number of carbonyl (C=O) groups is 1. The molecule has 0 saturated carbocycles. The number of hydrogen-bond donors (Lipinski definition) is 1. The molecule has 0 aromatic heterocycles. The largest absolute Gasteiger partial charge is 0.342 e. The first-order chi connectivity index (χ1) is 12.4. The van der Waals surface area contributed by atoms with E-state index in [4.69, 9.17) is 11.6 Å². The topological polar surface area (TPSA) is 66.5 Å². The van der Waals surface area contributed by atoms with E-state index in [1.54, 1.807) is 12.1 Å². The van der Waals surface area contributed by atoms with E-state index >= 15 is 0 Å². The molecule has 0 spiro atoms. The maximum absolute atomic E-state index is 12.3. The van der Waals surface area contributed by atoms with Crippen LogP contribution in [0, 0.1) is 5.92 Å². The van der Waals surface area contributed by atoms with Gasteiger partial charge in [-0.25, -0.2) is 13.1 Å². The maximum Gasteiger partial charge on any atom is 0.240 e. The molecule has 7 heteroatoms. The summed E-state index contributed by atoms with van der Waals surface area (Å²) in [4.78, 5) is 14.1. The second-order valence-electron chi connectivity index (χ2n) is 6.45. The third kappa shape index (κ3) is 4.84. The van der Waals surface area contributed by atoms with E-state index in [1.807, 2.05) is 35.2 Å². The summed E-state index contributed by atoms with van der Waals surface area (Å²) in [6.45, 7) is 1.46. The molecule has 0 bridgehead atoms. The molecule has 26 heavy (non-hydrogen) atoms. The van der Waals surface area contributed by atoms with Gasteiger partial charge in [-0.2, -0.15) is 0 Å². The molecular formula is C19H21ClN2O3S. The number of hydrogen-bond acceptors (Lipinski definition) is 3. The van der Waals surface area contributed by atoms with Crippen molar-refractivity contribution in [2.75, 3.05) is 19.6 Å². The lowest BCUT2D eigenvalue weighted by molar-refractivity contribution is -0.127. The average Bonchev–Trinajstić information content (AvgIpc) is 2.99. The van der Waals surface area contributed by atoms with Crippen molar-refractivity contribution in [1.29, 1.82) is 0 Å². The molecule has 1 amide bonds. The number of amides is 1. The summed E-state index contributed by atoms with van der Waals surface area (Å²) < 4.78 is 27.3. The van der Waals surface area contributed by atoms with Crippen LogP contribution in [-0.4, -0.2) is 38.9 Å². The summed E-state index contributed by atoms with van der Waals surface area (Å²) >= 11 is 5.86. The number of nitrogens with zero attached hydrogens (tertiary/aromatic N) is 1. The lowest BCUT2D eigenvalue weighted by Gasteiger charge is -2.17. The van der Waals surface area contributed by atoms with Crippen LogP contribution in [0.15, 0.2) is 59.5 Å². The zero-order valence-electron chi connectivity index (χ0n) is 14.3. The highest BCUT2D eigenvalue weighted by atomic mass is 35.5. The molecule has 1 aliphatic rings. The fourth-order valence-corrected chi connectivity index (χ4v) is 4.48. The standard InChI is InChI=1S/C19H21ClN2O3S/c20-17-7-4-8-18(12-17)26(24,25)21-13-16-11-19(23)22(14-16)10-9-15-5-2-1-3-6-15/h1-8,12,16,21H,9-11,13-14H2. The number of rotatable bonds is 7. The minimum atomic E-state index is -3.62. The number of nitrogens with one attached hydrogen (secondary N) is 1. The molecule has 1 heterocycles. The summed E-state index contributed by atoms with van der Waals surface area (Å²) in [5.41, 5.74) is 1.19. The molecule has 3 rings (SSSR count). The van der Waals surface area contributed by atoms with Crippen molar-refractivity contribution in [3.63, 3.8) is 0 Å². The Morgan fingerprint density at radius 2 is 1.88 bits per heavy atom. The van der Waals surface area contributed by atoms with Crippen molar-refractivity contribution in [2.45, 2.75) is 17.7 Å². The van der Waals surface area contributed by atoms with Gasteiger partial charge in [0.15, 0.2) is 0 Å². The van der Waals surface area contributed by atoms with Gasteiger partial charge in [0.2, 0.25) is 15.9 Å². The van der Waals surface area contributed by atoms with Gasteiger partial charge in [-0.3, -0.25) is 4.79 Å². The summed E-state index contributed by atoms with van der Waals surface area (Å²) in [7, 11) is -3.62. The lowest BCUT2D eigenvalue weighted by Crippen LogP contribution is -2.32. The highest BCUT2D eigenvalue weighted by molar-refractivity contribution is 7.89. The number of halogens is 1. The highest BCUT2D eigenvalue weighted by Gasteiger charge is 2.30. The van der Waals surface area contributed by atoms with Gasteiger partial charge in [-0.1, -0.05) is 48.0 Å². The molecule has 1 N–H and O–H groups in total. The SMILES string of the molecule is O=C1CC(CNS(=O)(=O)c2cccc(Cl)c2)CN1CCc1ccccc1. The molecule has 0 aliphatic carbocycles. The fourth-order valence-electron chi connectivity index (χ4n) is 3.06. The van der Waals surface area contributed by atoms with Gasteiger partial charge >= 0.3 is 0 Å². The number of likely N-dealkylation sites (tertiary alicyclic amines) is 1. The van der Waals surface area contributed by atoms with Crippen molar-refractivity contribution in [2.24, 2.45) is 5.92 Å². The van der Waals surface area contributed by atoms with Crippen LogP contribution < -0.4 is 4.72 Å². The van der Waals surface area contributed by atoms with Gasteiger partial charge in [0, 0.05) is 31.1 Å². The Bertz CT molecular complexity index is 871. The van der Waals surface area contributed by atoms with E-state index in [2.05, 4.69) is 4.72 Å². The maximum atomic E-state index is 12.3. The van der Waals surface area contributed by atoms with E-state index in [0.717, 1.165) is 6.42 Å². The molecule has 0 radical (unpaired) electrons. The predicted octanol–water partition coefficient (Wildman–Crippen LogP) is 2.71. The summed E-state index contributed by atoms with van der Waals surface area (Å²) in [6, 6.07) is 16.1. The first-order valence-electron chi connectivity index (χ1n) is 8.51. The smallest absolute Gasteiger partial charge is 0.240 e. The van der Waals surface area contributed by atoms with Crippen LogP contribution in [0.1, 0.15) is 12.0 Å². The van der Waals surface area contributed by atoms with Crippen molar-refractivity contribution >= 4 is 27.5 Å². The fraction of sp³-hybridized carbons (Fsp3) is 0.316. The lowest BCUT2D eigenvalue weighted by atomic mass is 10.1. The molecule has 1 fully saturated rings. The van der Waals surface area contributed by atoms with Crippen LogP contribution in [0.3, 0.4) is 0 Å². The molecule has 1 saturated heterocycles. The van der Waals surface area contributed by atoms with Crippen LogP contribution in [0.25, 0.3) is 0 Å². The Hall–Kier alpha value is -1.89. The quantitative estimate of drug-likeness (QED) is 0.787. The monoisotopic (exact) mass is 392 g/mol. The Balaban J connectivity index is 1.52. The molecule has 2 aromatic carbocycles. The van der Waals surface area contributed by atoms with Crippen LogP contribution in [0.5, 0.6) is 0 Å². The van der Waals surface area contributed by atoms with Gasteiger partial charge in [0.25, 0.3) is 0 Å². The van der Waals surface area contributed by atoms with Crippen LogP contribution in [0.4, 0.5) is 0 Å². The van der Waals surface area contributed by atoms with Gasteiger partial charge in [-0.05, 0) is 36.1 Å². The summed E-state index contributed by atoms with van der Waals surface area (Å²) in [5, 5.41) is 0.371. The third-order valence-corrected chi connectivity index (χ3v) is 6.13. The van der Waals surface area contributed by atoms with Gasteiger partial charge < -0.3 is 4.90 Å². The molecular weight excluding hydrogens is 372 g/mol. The normalized spacial score (nSPS) is 17.7. The van der Waals surface area contributed by atoms with Crippen LogP contribution in [-0.2, 0) is 21.2 Å². The average molecular weight is 393 g/mol. The van der Waals surface area contributed by atoms with Crippen LogP contribution in [0.2, 0.25) is 5.02 Å². The number of sulfonamides is 1. The predicted molar refractivity (Wildman–Crippen MR) is 101 cm³/mol. The van der Waals surface area contributed by atoms with Gasteiger partial charge in [-0.15, -0.1) is 0 Å². The van der Waals surface area contributed by atoms with E-state index in [-0.39, 0.29) is 23.3 Å². The van der Waals surface area contributed by atoms with E-state index in [1.165, 1.54) is 17.7 Å². The van der Waals surface area contributed by atoms with Crippen molar-refractivity contribution in [3.05, 3.63) is 65.2 Å². The molecule has 1 atom stereocenters. The van der Waals surface area contributed by atoms with Gasteiger partial charge in [0.1, 0.15) is 0 Å². The minimum absolute atomic E-state index is 0.0211. The van der Waals surface area contributed by atoms with Crippen molar-refractivity contribution < 1.29 is 13.2 Å². The molecule has 1 unspecified atom stereocenters. The summed E-state index contributed by atoms with van der Waals surface area (Å²) in [6.07, 6.45) is 1.17. The Labute approximate surface area is 159 Å². The Morgan fingerprint density at radius 1 is 1.12 bits per heavy atom. The van der Waals surface area contributed by atoms with E-state index in [0.29, 0.717) is 24.5 Å². The molecule has 138 valence electrons. The summed E-state index contributed by atoms with van der Waals surface area (Å²) in [5.74, 6) is 0.0557. The minimum Gasteiger partial charge on any atom is -0.342 e. The zero-order valence-corrected chi connectivity index (χ0v) is 15.8. The number of benzene rings is 2. The Morgan fingerprint density at radius 3 is 2.62 bits per heavy atom. The first-order valence-corrected chi connectivity index (χ1v) is 10.4. The molecule has 1 aliphatic heterocycles. The van der Waals surface area contributed by atoms with E-state index in [9.17, 15) is 13.2 Å². The van der Waals surface area contributed by atoms with Crippen LogP contribution >= 0.6 is 11.6 Å². The zero-order chi connectivity index (χ0) is 18.6. The third-order valence-electron chi connectivity index (χ3n) is 4.48. The van der Waals surface area contributed by atoms with Gasteiger partial charge in [0.05, 0.1) is 4.90 Å². The second-order valence-corrected chi connectivity index (χ2v) is 8.66. The van der Waals surface area contributed by atoms with Crippen molar-refractivity contribution in [1.82, 2.24) is 9.62 Å².